The van der Waals surface area contributed by atoms with Crippen LogP contribution in [0.15, 0.2) is 46.9 Å². The van der Waals surface area contributed by atoms with E-state index in [-0.39, 0.29) is 24.8 Å². The number of carbonyl (C=O) groups is 3. The average molecular weight is 472 g/mol. The van der Waals surface area contributed by atoms with Crippen molar-refractivity contribution in [1.29, 1.82) is 0 Å². The van der Waals surface area contributed by atoms with Crippen LogP contribution in [0, 0.1) is 18.2 Å². The van der Waals surface area contributed by atoms with Crippen LogP contribution in [0.2, 0.25) is 0 Å². The van der Waals surface area contributed by atoms with Gasteiger partial charge in [-0.1, -0.05) is 40.0 Å². The van der Waals surface area contributed by atoms with E-state index < -0.39 is 17.4 Å². The van der Waals surface area contributed by atoms with Crippen LogP contribution in [-0.2, 0) is 21.7 Å². The molecule has 0 saturated heterocycles. The second-order valence-electron chi connectivity index (χ2n) is 6.92. The predicted octanol–water partition coefficient (Wildman–Crippen LogP) is 2.37. The summed E-state index contributed by atoms with van der Waals surface area (Å²) >= 11 is 3.28. The zero-order valence-electron chi connectivity index (χ0n) is 15.9. The molecule has 2 aromatic rings. The third-order valence-electron chi connectivity index (χ3n) is 4.78. The van der Waals surface area contributed by atoms with Gasteiger partial charge in [-0.3, -0.25) is 14.4 Å². The quantitative estimate of drug-likeness (QED) is 0.446. The maximum absolute atomic E-state index is 13.8. The molecule has 3 N–H and O–H groups in total. The predicted molar refractivity (Wildman–Crippen MR) is 113 cm³/mol. The lowest BCUT2D eigenvalue weighted by atomic mass is 10.0. The molecule has 154 valence electrons. The van der Waals surface area contributed by atoms with Crippen LogP contribution in [-0.4, -0.2) is 24.3 Å². The van der Waals surface area contributed by atoms with E-state index in [0.29, 0.717) is 34.0 Å². The van der Waals surface area contributed by atoms with Gasteiger partial charge in [0.1, 0.15) is 5.82 Å². The van der Waals surface area contributed by atoms with Crippen LogP contribution in [0.5, 0.6) is 0 Å². The zero-order chi connectivity index (χ0) is 21.7. The molecule has 2 aromatic carbocycles. The monoisotopic (exact) mass is 471 g/mol. The highest BCUT2D eigenvalue weighted by molar-refractivity contribution is 9.10. The Bertz CT molecular complexity index is 1020. The molecule has 1 saturated carbocycles. The van der Waals surface area contributed by atoms with Crippen LogP contribution < -0.4 is 16.0 Å². The molecule has 0 aliphatic heterocycles. The van der Waals surface area contributed by atoms with Crippen molar-refractivity contribution in [2.75, 3.05) is 6.54 Å². The lowest BCUT2D eigenvalue weighted by Crippen LogP contribution is -2.40. The Morgan fingerprint density at radius 1 is 1.10 bits per heavy atom. The summed E-state index contributed by atoms with van der Waals surface area (Å²) in [5.74, 6) is -0.201. The van der Waals surface area contributed by atoms with E-state index in [4.69, 9.17) is 6.42 Å². The van der Waals surface area contributed by atoms with Crippen molar-refractivity contribution in [2.24, 2.45) is 0 Å². The number of amides is 3. The highest BCUT2D eigenvalue weighted by Crippen LogP contribution is 2.46. The van der Waals surface area contributed by atoms with Gasteiger partial charge < -0.3 is 16.0 Å². The molecule has 0 heterocycles. The summed E-state index contributed by atoms with van der Waals surface area (Å²) in [5, 5.41) is 7.74. The number of terminal acetylenes is 1. The van der Waals surface area contributed by atoms with Crippen molar-refractivity contribution in [3.8, 4) is 12.3 Å². The van der Waals surface area contributed by atoms with E-state index >= 15 is 0 Å². The summed E-state index contributed by atoms with van der Waals surface area (Å²) < 4.78 is 14.4. The van der Waals surface area contributed by atoms with Gasteiger partial charge in [0.2, 0.25) is 0 Å². The SMILES string of the molecule is C#CCNC(=O)C(=O)NCc1ccccc1C(=O)NC1(c2cc(F)cc(Br)c2)CC1. The molecule has 1 aliphatic rings. The molecule has 30 heavy (non-hydrogen) atoms. The van der Waals surface area contributed by atoms with E-state index in [0.717, 1.165) is 0 Å². The molecular formula is C22H19BrFN3O3. The number of rotatable bonds is 6. The van der Waals surface area contributed by atoms with Crippen LogP contribution in [0.4, 0.5) is 4.39 Å². The fraction of sp³-hybridized carbons (Fsp3) is 0.227. The first-order valence-electron chi connectivity index (χ1n) is 9.21. The van der Waals surface area contributed by atoms with E-state index in [1.165, 1.54) is 12.1 Å². The van der Waals surface area contributed by atoms with E-state index in [9.17, 15) is 18.8 Å². The highest BCUT2D eigenvalue weighted by Gasteiger charge is 2.46. The van der Waals surface area contributed by atoms with Crippen molar-refractivity contribution in [3.63, 3.8) is 0 Å². The summed E-state index contributed by atoms with van der Waals surface area (Å²) in [6.45, 7) is -0.0616. The Labute approximate surface area is 181 Å². The van der Waals surface area contributed by atoms with Crippen molar-refractivity contribution < 1.29 is 18.8 Å². The normalized spacial score (nSPS) is 13.6. The van der Waals surface area contributed by atoms with Crippen LogP contribution in [0.1, 0.15) is 34.3 Å². The van der Waals surface area contributed by atoms with Crippen LogP contribution in [0.25, 0.3) is 0 Å². The van der Waals surface area contributed by atoms with E-state index in [1.807, 2.05) is 0 Å². The maximum atomic E-state index is 13.8. The van der Waals surface area contributed by atoms with Gasteiger partial charge in [-0.2, -0.15) is 0 Å². The van der Waals surface area contributed by atoms with Crippen molar-refractivity contribution >= 4 is 33.7 Å². The summed E-state index contributed by atoms with van der Waals surface area (Å²) in [6.07, 6.45) is 6.44. The van der Waals surface area contributed by atoms with Gasteiger partial charge in [0, 0.05) is 16.6 Å². The van der Waals surface area contributed by atoms with Crippen LogP contribution in [0.3, 0.4) is 0 Å². The Balaban J connectivity index is 1.71. The maximum Gasteiger partial charge on any atom is 0.310 e. The zero-order valence-corrected chi connectivity index (χ0v) is 17.5. The third kappa shape index (κ3) is 5.05. The minimum Gasteiger partial charge on any atom is -0.344 e. The lowest BCUT2D eigenvalue weighted by Gasteiger charge is -2.20. The summed E-state index contributed by atoms with van der Waals surface area (Å²) in [5.41, 5.74) is 0.985. The Kier molecular flexibility index (Phi) is 6.53. The Morgan fingerprint density at radius 2 is 1.80 bits per heavy atom. The molecular weight excluding hydrogens is 453 g/mol. The summed E-state index contributed by atoms with van der Waals surface area (Å²) in [6, 6.07) is 11.3. The first kappa shape index (κ1) is 21.5. The molecule has 0 bridgehead atoms. The fourth-order valence-corrected chi connectivity index (χ4v) is 3.55. The smallest absolute Gasteiger partial charge is 0.310 e. The minimum absolute atomic E-state index is 0.00951. The number of hydrogen-bond donors (Lipinski definition) is 3. The highest BCUT2D eigenvalue weighted by atomic mass is 79.9. The molecule has 0 radical (unpaired) electrons. The molecule has 3 amide bonds. The van der Waals surface area contributed by atoms with Gasteiger partial charge in [0.25, 0.3) is 5.91 Å². The molecule has 0 unspecified atom stereocenters. The van der Waals surface area contributed by atoms with E-state index in [1.54, 1.807) is 30.3 Å². The molecule has 8 heteroatoms. The number of benzene rings is 2. The van der Waals surface area contributed by atoms with Gasteiger partial charge in [0.15, 0.2) is 0 Å². The third-order valence-corrected chi connectivity index (χ3v) is 5.23. The van der Waals surface area contributed by atoms with E-state index in [2.05, 4.69) is 37.8 Å². The second-order valence-corrected chi connectivity index (χ2v) is 7.84. The van der Waals surface area contributed by atoms with Gasteiger partial charge in [-0.15, -0.1) is 6.42 Å². The number of nitrogens with one attached hydrogen (secondary N) is 3. The largest absolute Gasteiger partial charge is 0.344 e. The van der Waals surface area contributed by atoms with Gasteiger partial charge >= 0.3 is 11.8 Å². The molecule has 0 atom stereocenters. The minimum atomic E-state index is -0.844. The number of halogens is 2. The first-order chi connectivity index (χ1) is 14.3. The average Bonchev–Trinajstić information content (AvgIpc) is 3.50. The summed E-state index contributed by atoms with van der Waals surface area (Å²) in [4.78, 5) is 36.4. The molecule has 6 nitrogen and oxygen atoms in total. The van der Waals surface area contributed by atoms with Crippen molar-refractivity contribution in [3.05, 3.63) is 69.4 Å². The Morgan fingerprint density at radius 3 is 2.47 bits per heavy atom. The molecule has 0 spiro atoms. The van der Waals surface area contributed by atoms with Crippen molar-refractivity contribution in [1.82, 2.24) is 16.0 Å². The number of hydrogen-bond acceptors (Lipinski definition) is 3. The first-order valence-corrected chi connectivity index (χ1v) is 10.0. The van der Waals surface area contributed by atoms with Crippen molar-refractivity contribution in [2.45, 2.75) is 24.9 Å². The molecule has 1 fully saturated rings. The number of carbonyl (C=O) groups excluding carboxylic acids is 3. The topological polar surface area (TPSA) is 87.3 Å². The Hall–Kier alpha value is -3.18. The van der Waals surface area contributed by atoms with Gasteiger partial charge in [-0.05, 0) is 48.2 Å². The molecule has 1 aliphatic carbocycles. The molecule has 0 aromatic heterocycles. The molecule has 3 rings (SSSR count). The summed E-state index contributed by atoms with van der Waals surface area (Å²) in [7, 11) is 0. The second kappa shape index (κ2) is 9.09. The standard InChI is InChI=1S/C22H19BrFN3O3/c1-2-9-25-20(29)21(30)26-13-14-5-3-4-6-18(14)19(28)27-22(7-8-22)15-10-16(23)12-17(24)11-15/h1,3-6,10-12H,7-9,13H2,(H,25,29)(H,26,30)(H,27,28). The van der Waals surface area contributed by atoms with Gasteiger partial charge in [-0.25, -0.2) is 4.39 Å². The lowest BCUT2D eigenvalue weighted by molar-refractivity contribution is -0.139. The fourth-order valence-electron chi connectivity index (χ4n) is 3.09. The van der Waals surface area contributed by atoms with Gasteiger partial charge in [0.05, 0.1) is 12.1 Å². The van der Waals surface area contributed by atoms with Crippen LogP contribution >= 0.6 is 15.9 Å².